The Hall–Kier alpha value is -2.38. The Morgan fingerprint density at radius 1 is 1.45 bits per heavy atom. The van der Waals surface area contributed by atoms with E-state index in [0.717, 1.165) is 6.42 Å². The van der Waals surface area contributed by atoms with Gasteiger partial charge in [-0.05, 0) is 23.8 Å². The van der Waals surface area contributed by atoms with E-state index in [4.69, 9.17) is 5.11 Å². The Bertz CT molecular complexity index is 565. The van der Waals surface area contributed by atoms with Crippen molar-refractivity contribution in [2.24, 2.45) is 13.0 Å². The monoisotopic (exact) mass is 281 g/mol. The lowest BCUT2D eigenvalue weighted by Crippen LogP contribution is -2.40. The highest BCUT2D eigenvalue weighted by atomic mass is 16.6. The van der Waals surface area contributed by atoms with Crippen LogP contribution in [0.15, 0.2) is 12.1 Å². The van der Waals surface area contributed by atoms with Gasteiger partial charge in [-0.25, -0.2) is 4.57 Å². The molecule has 1 aromatic rings. The molecule has 1 aliphatic rings. The van der Waals surface area contributed by atoms with Crippen molar-refractivity contribution in [3.05, 3.63) is 27.9 Å². The minimum absolute atomic E-state index is 0.146. The number of hydrogen-bond acceptors (Lipinski definition) is 4. The number of nitro groups is 1. The van der Waals surface area contributed by atoms with E-state index in [1.165, 1.54) is 23.7 Å². The molecular weight excluding hydrogens is 266 g/mol. The van der Waals surface area contributed by atoms with Crippen LogP contribution in [0, 0.1) is 16.0 Å². The molecule has 108 valence electrons. The maximum atomic E-state index is 12.1. The summed E-state index contributed by atoms with van der Waals surface area (Å²) in [4.78, 5) is 33.3. The zero-order valence-corrected chi connectivity index (χ0v) is 10.9. The Balaban J connectivity index is 2.13. The quantitative estimate of drug-likeness (QED) is 0.629. The number of nitrogens with one attached hydrogen (secondary N) is 1. The number of carboxylic acid groups (broad SMARTS) is 1. The normalized spacial score (nSPS) is 21.6. The molecule has 0 aliphatic heterocycles. The summed E-state index contributed by atoms with van der Waals surface area (Å²) in [5.74, 6) is -2.19. The first-order valence-corrected chi connectivity index (χ1v) is 6.25. The van der Waals surface area contributed by atoms with Crippen LogP contribution in [0.1, 0.15) is 29.8 Å². The lowest BCUT2D eigenvalue weighted by Gasteiger charge is -2.16. The zero-order valence-electron chi connectivity index (χ0n) is 10.9. The van der Waals surface area contributed by atoms with Crippen molar-refractivity contribution in [3.63, 3.8) is 0 Å². The molecular formula is C12H15N3O5. The molecule has 0 saturated heterocycles. The second kappa shape index (κ2) is 5.32. The van der Waals surface area contributed by atoms with E-state index in [9.17, 15) is 19.7 Å². The highest BCUT2D eigenvalue weighted by molar-refractivity contribution is 5.93. The highest BCUT2D eigenvalue weighted by Gasteiger charge is 2.35. The van der Waals surface area contributed by atoms with E-state index in [1.807, 2.05) is 0 Å². The molecule has 8 heteroatoms. The molecule has 1 aromatic heterocycles. The van der Waals surface area contributed by atoms with Crippen molar-refractivity contribution >= 4 is 17.7 Å². The maximum absolute atomic E-state index is 12.1. The number of amides is 1. The van der Waals surface area contributed by atoms with Crippen molar-refractivity contribution in [1.82, 2.24) is 9.88 Å². The Morgan fingerprint density at radius 3 is 2.70 bits per heavy atom. The van der Waals surface area contributed by atoms with Gasteiger partial charge in [-0.3, -0.25) is 9.59 Å². The molecule has 2 atom stereocenters. The average Bonchev–Trinajstić information content (AvgIpc) is 2.95. The van der Waals surface area contributed by atoms with Gasteiger partial charge in [0.05, 0.1) is 13.0 Å². The number of nitrogens with zero attached hydrogens (tertiary/aromatic N) is 2. The van der Waals surface area contributed by atoms with Crippen LogP contribution in [0.2, 0.25) is 0 Å². The third kappa shape index (κ3) is 2.49. The summed E-state index contributed by atoms with van der Waals surface area (Å²) in [5, 5.41) is 22.4. The summed E-state index contributed by atoms with van der Waals surface area (Å²) in [7, 11) is 1.43. The van der Waals surface area contributed by atoms with Crippen LogP contribution in [0.5, 0.6) is 0 Å². The summed E-state index contributed by atoms with van der Waals surface area (Å²) in [6, 6.07) is 2.19. The van der Waals surface area contributed by atoms with Crippen molar-refractivity contribution in [2.45, 2.75) is 25.3 Å². The van der Waals surface area contributed by atoms with Gasteiger partial charge in [0.25, 0.3) is 5.91 Å². The first kappa shape index (κ1) is 14.0. The van der Waals surface area contributed by atoms with E-state index >= 15 is 0 Å². The van der Waals surface area contributed by atoms with Gasteiger partial charge in [0, 0.05) is 12.1 Å². The molecule has 2 N–H and O–H groups in total. The number of aromatic nitrogens is 1. The van der Waals surface area contributed by atoms with Gasteiger partial charge in [0.2, 0.25) is 0 Å². The standard InChI is InChI=1S/C12H15N3O5/c1-14-9(5-6-10(14)15(19)20)11(16)13-8-4-2-3-7(8)12(17)18/h5-8H,2-4H2,1H3,(H,13,16)(H,17,18). The molecule has 20 heavy (non-hydrogen) atoms. The van der Waals surface area contributed by atoms with E-state index in [-0.39, 0.29) is 11.5 Å². The molecule has 1 fully saturated rings. The largest absolute Gasteiger partial charge is 0.481 e. The Kier molecular flexibility index (Phi) is 3.73. The molecule has 0 aromatic carbocycles. The number of carbonyl (C=O) groups is 2. The summed E-state index contributed by atoms with van der Waals surface area (Å²) >= 11 is 0. The molecule has 1 heterocycles. The SMILES string of the molecule is Cn1c(C(=O)NC2CCCC2C(=O)O)ccc1[N+](=O)[O-]. The fraction of sp³-hybridized carbons (Fsp3) is 0.500. The lowest BCUT2D eigenvalue weighted by atomic mass is 10.0. The highest BCUT2D eigenvalue weighted by Crippen LogP contribution is 2.26. The van der Waals surface area contributed by atoms with Crippen LogP contribution in [0.3, 0.4) is 0 Å². The number of rotatable bonds is 4. The number of carboxylic acids is 1. The zero-order chi connectivity index (χ0) is 14.9. The van der Waals surface area contributed by atoms with E-state index in [0.29, 0.717) is 12.8 Å². The van der Waals surface area contributed by atoms with Gasteiger partial charge in [-0.2, -0.15) is 0 Å². The van der Waals surface area contributed by atoms with Crippen molar-refractivity contribution < 1.29 is 19.6 Å². The second-order valence-corrected chi connectivity index (χ2v) is 4.85. The van der Waals surface area contributed by atoms with Gasteiger partial charge in [-0.15, -0.1) is 0 Å². The van der Waals surface area contributed by atoms with E-state index in [2.05, 4.69) is 5.32 Å². The Labute approximate surface area is 114 Å². The van der Waals surface area contributed by atoms with Crippen molar-refractivity contribution in [2.75, 3.05) is 0 Å². The molecule has 2 rings (SSSR count). The van der Waals surface area contributed by atoms with Crippen LogP contribution in [-0.4, -0.2) is 32.5 Å². The molecule has 0 bridgehead atoms. The second-order valence-electron chi connectivity index (χ2n) is 4.85. The number of hydrogen-bond donors (Lipinski definition) is 2. The van der Waals surface area contributed by atoms with E-state index < -0.39 is 28.8 Å². The lowest BCUT2D eigenvalue weighted by molar-refractivity contribution is -0.391. The van der Waals surface area contributed by atoms with Crippen LogP contribution in [0.4, 0.5) is 5.82 Å². The summed E-state index contributed by atoms with van der Waals surface area (Å²) in [6.45, 7) is 0. The minimum atomic E-state index is -0.925. The fourth-order valence-electron chi connectivity index (χ4n) is 2.58. The smallest absolute Gasteiger partial charge is 0.323 e. The predicted molar refractivity (Wildman–Crippen MR) is 68.3 cm³/mol. The number of carbonyl (C=O) groups excluding carboxylic acids is 1. The van der Waals surface area contributed by atoms with Crippen LogP contribution >= 0.6 is 0 Å². The maximum Gasteiger partial charge on any atom is 0.323 e. The molecule has 1 amide bonds. The minimum Gasteiger partial charge on any atom is -0.481 e. The molecule has 8 nitrogen and oxygen atoms in total. The molecule has 0 radical (unpaired) electrons. The first-order valence-electron chi connectivity index (χ1n) is 6.25. The summed E-state index contributed by atoms with van der Waals surface area (Å²) < 4.78 is 1.18. The van der Waals surface area contributed by atoms with Gasteiger partial charge >= 0.3 is 11.8 Å². The van der Waals surface area contributed by atoms with Crippen LogP contribution in [-0.2, 0) is 11.8 Å². The van der Waals surface area contributed by atoms with Gasteiger partial charge in [-0.1, -0.05) is 6.42 Å². The molecule has 1 saturated carbocycles. The third-order valence-corrected chi connectivity index (χ3v) is 3.66. The van der Waals surface area contributed by atoms with Gasteiger partial charge < -0.3 is 20.5 Å². The van der Waals surface area contributed by atoms with Crippen LogP contribution in [0.25, 0.3) is 0 Å². The summed E-state index contributed by atoms with van der Waals surface area (Å²) in [6.07, 6.45) is 1.89. The fourth-order valence-corrected chi connectivity index (χ4v) is 2.58. The summed E-state index contributed by atoms with van der Waals surface area (Å²) in [5.41, 5.74) is 0.146. The van der Waals surface area contributed by atoms with Crippen molar-refractivity contribution in [3.8, 4) is 0 Å². The molecule has 0 spiro atoms. The third-order valence-electron chi connectivity index (χ3n) is 3.66. The average molecular weight is 281 g/mol. The van der Waals surface area contributed by atoms with E-state index in [1.54, 1.807) is 0 Å². The Morgan fingerprint density at radius 2 is 2.15 bits per heavy atom. The topological polar surface area (TPSA) is 114 Å². The molecule has 2 unspecified atom stereocenters. The number of aliphatic carboxylic acids is 1. The van der Waals surface area contributed by atoms with Crippen molar-refractivity contribution in [1.29, 1.82) is 0 Å². The first-order chi connectivity index (χ1) is 9.41. The van der Waals surface area contributed by atoms with Crippen LogP contribution < -0.4 is 5.32 Å². The van der Waals surface area contributed by atoms with Gasteiger partial charge in [0.15, 0.2) is 5.69 Å². The predicted octanol–water partition coefficient (Wildman–Crippen LogP) is 0.916. The van der Waals surface area contributed by atoms with Gasteiger partial charge in [0.1, 0.15) is 0 Å². The molecule has 1 aliphatic carbocycles.